The van der Waals surface area contributed by atoms with Crippen LogP contribution in [0.2, 0.25) is 0 Å². The summed E-state index contributed by atoms with van der Waals surface area (Å²) in [5.41, 5.74) is 0. The Kier molecular flexibility index (Phi) is 4.94. The van der Waals surface area contributed by atoms with Crippen LogP contribution in [0, 0.1) is 0 Å². The normalized spacial score (nSPS) is 26.8. The van der Waals surface area contributed by atoms with Gasteiger partial charge in [-0.15, -0.1) is 0 Å². The summed E-state index contributed by atoms with van der Waals surface area (Å²) in [7, 11) is 0. The summed E-state index contributed by atoms with van der Waals surface area (Å²) in [5.74, 6) is 0. The second kappa shape index (κ2) is 5.49. The Morgan fingerprint density at radius 3 is 1.54 bits per heavy atom. The van der Waals surface area contributed by atoms with Gasteiger partial charge in [-0.05, 0) is 20.3 Å². The van der Waals surface area contributed by atoms with Crippen LogP contribution in [-0.2, 0) is 0 Å². The Morgan fingerprint density at radius 2 is 1.23 bits per heavy atom. The molecular weight excluding hydrogens is 200 g/mol. The molecule has 1 aliphatic heterocycles. The lowest BCUT2D eigenvalue weighted by molar-refractivity contribution is 0.250. The van der Waals surface area contributed by atoms with Crippen molar-refractivity contribution in [2.75, 3.05) is 26.2 Å². The van der Waals surface area contributed by atoms with Crippen molar-refractivity contribution in [2.45, 2.75) is 31.0 Å². The summed E-state index contributed by atoms with van der Waals surface area (Å²) in [5, 5.41) is 0.769. The van der Waals surface area contributed by atoms with Gasteiger partial charge in [0.15, 0.2) is 0 Å². The van der Waals surface area contributed by atoms with Gasteiger partial charge in [0.25, 0.3) is 0 Å². The van der Waals surface area contributed by atoms with Crippen molar-refractivity contribution < 1.29 is 0 Å². The second-order valence-corrected chi connectivity index (χ2v) is 5.18. The van der Waals surface area contributed by atoms with E-state index in [0.717, 1.165) is 13.1 Å². The third-order valence-electron chi connectivity index (χ3n) is 2.62. The van der Waals surface area contributed by atoms with Gasteiger partial charge in [-0.2, -0.15) is 25.3 Å². The van der Waals surface area contributed by atoms with Crippen LogP contribution in [0.25, 0.3) is 0 Å². The topological polar surface area (TPSA) is 6.48 Å². The molecule has 13 heavy (non-hydrogen) atoms. The van der Waals surface area contributed by atoms with Gasteiger partial charge in [0, 0.05) is 36.9 Å². The molecule has 0 bridgehead atoms. The number of rotatable bonds is 2. The first-order valence-corrected chi connectivity index (χ1v) is 5.99. The average Bonchev–Trinajstić information content (AvgIpc) is 2.27. The molecule has 0 aromatic rings. The van der Waals surface area contributed by atoms with Crippen LogP contribution >= 0.6 is 25.3 Å². The van der Waals surface area contributed by atoms with E-state index < -0.39 is 0 Å². The van der Waals surface area contributed by atoms with Crippen molar-refractivity contribution in [3.05, 3.63) is 0 Å². The Hall–Kier alpha value is 0.620. The van der Waals surface area contributed by atoms with Crippen LogP contribution < -0.4 is 0 Å². The first-order valence-electron chi connectivity index (χ1n) is 4.95. The van der Waals surface area contributed by atoms with Gasteiger partial charge in [0.1, 0.15) is 0 Å². The molecule has 4 heteroatoms. The van der Waals surface area contributed by atoms with Gasteiger partial charge >= 0.3 is 0 Å². The molecule has 0 N–H and O–H groups in total. The molecule has 0 spiro atoms. The molecule has 1 fully saturated rings. The van der Waals surface area contributed by atoms with E-state index >= 15 is 0 Å². The SMILES string of the molecule is CC(S)N1CCCN(C(C)S)CC1. The summed E-state index contributed by atoms with van der Waals surface area (Å²) < 4.78 is 0. The Labute approximate surface area is 92.5 Å². The maximum absolute atomic E-state index is 4.46. The standard InChI is InChI=1S/C9H20N2S2/c1-8(12)10-4-3-5-11(7-6-10)9(2)13/h8-9,12-13H,3-7H2,1-2H3. The number of nitrogens with zero attached hydrogens (tertiary/aromatic N) is 2. The van der Waals surface area contributed by atoms with E-state index in [1.54, 1.807) is 0 Å². The molecule has 0 radical (unpaired) electrons. The minimum absolute atomic E-state index is 0.384. The van der Waals surface area contributed by atoms with Gasteiger partial charge in [-0.1, -0.05) is 0 Å². The molecule has 0 aliphatic carbocycles. The monoisotopic (exact) mass is 220 g/mol. The lowest BCUT2D eigenvalue weighted by atomic mass is 10.4. The van der Waals surface area contributed by atoms with E-state index in [1.807, 2.05) is 0 Å². The van der Waals surface area contributed by atoms with E-state index in [9.17, 15) is 0 Å². The lowest BCUT2D eigenvalue weighted by Crippen LogP contribution is -2.35. The fraction of sp³-hybridized carbons (Fsp3) is 1.00. The summed E-state index contributed by atoms with van der Waals surface area (Å²) in [6, 6.07) is 0. The zero-order valence-corrected chi connectivity index (χ0v) is 10.3. The van der Waals surface area contributed by atoms with Gasteiger partial charge < -0.3 is 0 Å². The highest BCUT2D eigenvalue weighted by molar-refractivity contribution is 7.81. The first kappa shape index (κ1) is 11.7. The molecule has 2 atom stereocenters. The highest BCUT2D eigenvalue weighted by Gasteiger charge is 2.18. The molecule has 1 rings (SSSR count). The minimum atomic E-state index is 0.384. The summed E-state index contributed by atoms with van der Waals surface area (Å²) in [6.07, 6.45) is 1.23. The molecule has 0 aromatic carbocycles. The summed E-state index contributed by atoms with van der Waals surface area (Å²) in [4.78, 5) is 4.83. The number of hydrogen-bond acceptors (Lipinski definition) is 4. The third-order valence-corrected chi connectivity index (χ3v) is 3.28. The van der Waals surface area contributed by atoms with Gasteiger partial charge in [-0.3, -0.25) is 9.80 Å². The molecule has 2 nitrogen and oxygen atoms in total. The van der Waals surface area contributed by atoms with Gasteiger partial charge in [0.2, 0.25) is 0 Å². The second-order valence-electron chi connectivity index (χ2n) is 3.69. The van der Waals surface area contributed by atoms with E-state index in [0.29, 0.717) is 10.7 Å². The largest absolute Gasteiger partial charge is 0.291 e. The number of thiol groups is 2. The van der Waals surface area contributed by atoms with E-state index in [2.05, 4.69) is 48.9 Å². The zero-order valence-electron chi connectivity index (χ0n) is 8.48. The van der Waals surface area contributed by atoms with Gasteiger partial charge in [0.05, 0.1) is 0 Å². The molecule has 0 saturated carbocycles. The number of hydrogen-bond donors (Lipinski definition) is 2. The van der Waals surface area contributed by atoms with Crippen molar-refractivity contribution in [2.24, 2.45) is 0 Å². The third kappa shape index (κ3) is 3.70. The van der Waals surface area contributed by atoms with Crippen molar-refractivity contribution in [1.29, 1.82) is 0 Å². The van der Waals surface area contributed by atoms with Crippen molar-refractivity contribution in [1.82, 2.24) is 9.80 Å². The zero-order chi connectivity index (χ0) is 9.84. The van der Waals surface area contributed by atoms with Crippen LogP contribution in [0.3, 0.4) is 0 Å². The van der Waals surface area contributed by atoms with E-state index in [-0.39, 0.29) is 0 Å². The minimum Gasteiger partial charge on any atom is -0.291 e. The van der Waals surface area contributed by atoms with Crippen molar-refractivity contribution in [3.8, 4) is 0 Å². The fourth-order valence-corrected chi connectivity index (χ4v) is 2.17. The maximum Gasteiger partial charge on any atom is 0.0499 e. The molecule has 0 aromatic heterocycles. The highest BCUT2D eigenvalue weighted by Crippen LogP contribution is 2.12. The summed E-state index contributed by atoms with van der Waals surface area (Å²) in [6.45, 7) is 8.86. The molecule has 0 amide bonds. The van der Waals surface area contributed by atoms with Crippen LogP contribution in [0.5, 0.6) is 0 Å². The van der Waals surface area contributed by atoms with E-state index in [1.165, 1.54) is 19.5 Å². The molecule has 1 saturated heterocycles. The highest BCUT2D eigenvalue weighted by atomic mass is 32.1. The molecule has 78 valence electrons. The Balaban J connectivity index is 2.39. The van der Waals surface area contributed by atoms with Crippen molar-refractivity contribution in [3.63, 3.8) is 0 Å². The molecule has 1 aliphatic rings. The molecular formula is C9H20N2S2. The summed E-state index contributed by atoms with van der Waals surface area (Å²) >= 11 is 8.92. The fourth-order valence-electron chi connectivity index (χ4n) is 1.70. The molecule has 1 heterocycles. The molecule has 2 unspecified atom stereocenters. The predicted octanol–water partition coefficient (Wildman–Crippen LogP) is 1.55. The maximum atomic E-state index is 4.46. The quantitative estimate of drug-likeness (QED) is 0.682. The lowest BCUT2D eigenvalue weighted by Gasteiger charge is -2.25. The average molecular weight is 220 g/mol. The van der Waals surface area contributed by atoms with Crippen LogP contribution in [0.15, 0.2) is 0 Å². The Bertz CT molecular complexity index is 135. The van der Waals surface area contributed by atoms with Crippen LogP contribution in [0.1, 0.15) is 20.3 Å². The first-order chi connectivity index (χ1) is 6.11. The van der Waals surface area contributed by atoms with Gasteiger partial charge in [-0.25, -0.2) is 0 Å². The smallest absolute Gasteiger partial charge is 0.0499 e. The van der Waals surface area contributed by atoms with Crippen LogP contribution in [0.4, 0.5) is 0 Å². The van der Waals surface area contributed by atoms with E-state index in [4.69, 9.17) is 0 Å². The van der Waals surface area contributed by atoms with Crippen LogP contribution in [-0.4, -0.2) is 46.7 Å². The van der Waals surface area contributed by atoms with Crippen molar-refractivity contribution >= 4 is 25.3 Å². The Morgan fingerprint density at radius 1 is 0.846 bits per heavy atom. The predicted molar refractivity (Wildman–Crippen MR) is 64.7 cm³/mol.